The summed E-state index contributed by atoms with van der Waals surface area (Å²) in [5.74, 6) is -0.817. The maximum Gasteiger partial charge on any atom is 0.327 e. The highest BCUT2D eigenvalue weighted by atomic mass is 35.5. The van der Waals surface area contributed by atoms with Gasteiger partial charge in [0.2, 0.25) is 5.91 Å². The lowest BCUT2D eigenvalue weighted by atomic mass is 10.1. The number of carboxylic acid groups (broad SMARTS) is 1. The maximum absolute atomic E-state index is 11.8. The van der Waals surface area contributed by atoms with Gasteiger partial charge in [-0.05, 0) is 24.1 Å². The van der Waals surface area contributed by atoms with E-state index in [4.69, 9.17) is 16.7 Å². The Morgan fingerprint density at radius 1 is 1.56 bits per heavy atom. The van der Waals surface area contributed by atoms with Crippen LogP contribution in [0.3, 0.4) is 0 Å². The van der Waals surface area contributed by atoms with Crippen LogP contribution in [0.2, 0.25) is 5.02 Å². The quantitative estimate of drug-likeness (QED) is 0.885. The number of hydrogen-bond acceptors (Lipinski definition) is 3. The average Bonchev–Trinajstić information content (AvgIpc) is 2.31. The van der Waals surface area contributed by atoms with E-state index >= 15 is 0 Å². The fraction of sp³-hybridized carbons (Fsp3) is 0.333. The molecule has 2 rings (SSSR count). The highest BCUT2D eigenvalue weighted by Crippen LogP contribution is 2.23. The summed E-state index contributed by atoms with van der Waals surface area (Å²) < 4.78 is 0. The molecular formula is C12H12ClNO3S. The van der Waals surface area contributed by atoms with Crippen molar-refractivity contribution in [3.05, 3.63) is 34.9 Å². The van der Waals surface area contributed by atoms with Crippen molar-refractivity contribution in [3.63, 3.8) is 0 Å². The zero-order valence-electron chi connectivity index (χ0n) is 9.43. The summed E-state index contributed by atoms with van der Waals surface area (Å²) in [5.41, 5.74) is 0.976. The SMILES string of the molecule is O=C(O)[C@@H]1CS[C@H](Cc2cccc(Cl)c2)C(=O)N1. The molecule has 0 radical (unpaired) electrons. The van der Waals surface area contributed by atoms with Gasteiger partial charge in [-0.25, -0.2) is 4.79 Å². The Labute approximate surface area is 114 Å². The summed E-state index contributed by atoms with van der Waals surface area (Å²) in [5, 5.41) is 11.7. The number of carbonyl (C=O) groups is 2. The molecule has 4 nitrogen and oxygen atoms in total. The highest BCUT2D eigenvalue weighted by Gasteiger charge is 2.32. The second-order valence-electron chi connectivity index (χ2n) is 4.06. The molecule has 2 atom stereocenters. The van der Waals surface area contributed by atoms with Crippen molar-refractivity contribution in [2.24, 2.45) is 0 Å². The number of amides is 1. The number of carboxylic acids is 1. The number of nitrogens with one attached hydrogen (secondary N) is 1. The van der Waals surface area contributed by atoms with Gasteiger partial charge in [0, 0.05) is 10.8 Å². The molecule has 18 heavy (non-hydrogen) atoms. The molecule has 1 aromatic carbocycles. The molecule has 1 amide bonds. The van der Waals surface area contributed by atoms with Crippen molar-refractivity contribution >= 4 is 35.2 Å². The first-order valence-electron chi connectivity index (χ1n) is 5.45. The van der Waals surface area contributed by atoms with Gasteiger partial charge in [-0.1, -0.05) is 23.7 Å². The lowest BCUT2D eigenvalue weighted by Gasteiger charge is -2.26. The van der Waals surface area contributed by atoms with Crippen molar-refractivity contribution in [1.82, 2.24) is 5.32 Å². The number of hydrogen-bond donors (Lipinski definition) is 2. The smallest absolute Gasteiger partial charge is 0.327 e. The zero-order chi connectivity index (χ0) is 13.1. The first-order valence-corrected chi connectivity index (χ1v) is 6.88. The van der Waals surface area contributed by atoms with Gasteiger partial charge >= 0.3 is 5.97 Å². The van der Waals surface area contributed by atoms with Crippen molar-refractivity contribution in [1.29, 1.82) is 0 Å². The lowest BCUT2D eigenvalue weighted by Crippen LogP contribution is -2.51. The minimum absolute atomic E-state index is 0.223. The third-order valence-electron chi connectivity index (χ3n) is 2.68. The van der Waals surface area contributed by atoms with Crippen molar-refractivity contribution in [2.45, 2.75) is 17.7 Å². The predicted molar refractivity (Wildman–Crippen MR) is 71.0 cm³/mol. The number of halogens is 1. The molecule has 1 saturated heterocycles. The molecule has 96 valence electrons. The minimum atomic E-state index is -0.989. The third kappa shape index (κ3) is 3.17. The number of thioether (sulfide) groups is 1. The molecule has 6 heteroatoms. The fourth-order valence-corrected chi connectivity index (χ4v) is 3.15. The van der Waals surface area contributed by atoms with Gasteiger partial charge in [-0.3, -0.25) is 4.79 Å². The Bertz CT molecular complexity index is 480. The Morgan fingerprint density at radius 2 is 2.33 bits per heavy atom. The molecule has 2 N–H and O–H groups in total. The van der Waals surface area contributed by atoms with Gasteiger partial charge in [-0.15, -0.1) is 11.8 Å². The highest BCUT2D eigenvalue weighted by molar-refractivity contribution is 8.00. The second-order valence-corrected chi connectivity index (χ2v) is 5.73. The number of rotatable bonds is 3. The van der Waals surface area contributed by atoms with Crippen molar-refractivity contribution in [3.8, 4) is 0 Å². The van der Waals surface area contributed by atoms with Gasteiger partial charge in [0.05, 0.1) is 5.25 Å². The van der Waals surface area contributed by atoms with Crippen LogP contribution in [0.1, 0.15) is 5.56 Å². The van der Waals surface area contributed by atoms with E-state index in [0.29, 0.717) is 17.2 Å². The fourth-order valence-electron chi connectivity index (χ4n) is 1.76. The number of aliphatic carboxylic acids is 1. The van der Waals surface area contributed by atoms with E-state index < -0.39 is 12.0 Å². The van der Waals surface area contributed by atoms with Gasteiger partial charge < -0.3 is 10.4 Å². The van der Waals surface area contributed by atoms with Crippen LogP contribution in [-0.2, 0) is 16.0 Å². The first kappa shape index (κ1) is 13.2. The van der Waals surface area contributed by atoms with Crippen LogP contribution in [0.15, 0.2) is 24.3 Å². The van der Waals surface area contributed by atoms with E-state index in [1.165, 1.54) is 11.8 Å². The van der Waals surface area contributed by atoms with E-state index in [-0.39, 0.29) is 11.2 Å². The first-order chi connectivity index (χ1) is 8.56. The van der Waals surface area contributed by atoms with E-state index in [9.17, 15) is 9.59 Å². The monoisotopic (exact) mass is 285 g/mol. The van der Waals surface area contributed by atoms with Crippen LogP contribution >= 0.6 is 23.4 Å². The number of benzene rings is 1. The van der Waals surface area contributed by atoms with Gasteiger partial charge in [-0.2, -0.15) is 0 Å². The van der Waals surface area contributed by atoms with Gasteiger partial charge in [0.1, 0.15) is 6.04 Å². The Kier molecular flexibility index (Phi) is 4.14. The van der Waals surface area contributed by atoms with Crippen LogP contribution in [0.4, 0.5) is 0 Å². The minimum Gasteiger partial charge on any atom is -0.480 e. The molecule has 0 saturated carbocycles. The summed E-state index contributed by atoms with van der Waals surface area (Å²) in [7, 11) is 0. The largest absolute Gasteiger partial charge is 0.480 e. The molecule has 0 aromatic heterocycles. The summed E-state index contributed by atoms with van der Waals surface area (Å²) in [4.78, 5) is 22.5. The summed E-state index contributed by atoms with van der Waals surface area (Å²) in [6, 6.07) is 6.56. The van der Waals surface area contributed by atoms with Crippen LogP contribution in [0.25, 0.3) is 0 Å². The van der Waals surface area contributed by atoms with Crippen LogP contribution in [-0.4, -0.2) is 34.0 Å². The number of carbonyl (C=O) groups excluding carboxylic acids is 1. The lowest BCUT2D eigenvalue weighted by molar-refractivity contribution is -0.141. The average molecular weight is 286 g/mol. The molecule has 1 aliphatic heterocycles. The van der Waals surface area contributed by atoms with E-state index in [1.54, 1.807) is 6.07 Å². The topological polar surface area (TPSA) is 66.4 Å². The molecule has 0 aliphatic carbocycles. The Hall–Kier alpha value is -1.20. The summed E-state index contributed by atoms with van der Waals surface area (Å²) in [6.07, 6.45) is 0.559. The summed E-state index contributed by atoms with van der Waals surface area (Å²) >= 11 is 7.25. The van der Waals surface area contributed by atoms with Crippen LogP contribution in [0.5, 0.6) is 0 Å². The molecule has 1 aromatic rings. The molecule has 0 spiro atoms. The van der Waals surface area contributed by atoms with E-state index in [2.05, 4.69) is 5.32 Å². The normalized spacial score (nSPS) is 23.5. The predicted octanol–water partition coefficient (Wildman–Crippen LogP) is 1.57. The van der Waals surface area contributed by atoms with Crippen LogP contribution < -0.4 is 5.32 Å². The third-order valence-corrected chi connectivity index (χ3v) is 4.23. The van der Waals surface area contributed by atoms with Gasteiger partial charge in [0.15, 0.2) is 0 Å². The summed E-state index contributed by atoms with van der Waals surface area (Å²) in [6.45, 7) is 0. The zero-order valence-corrected chi connectivity index (χ0v) is 11.0. The van der Waals surface area contributed by atoms with E-state index in [0.717, 1.165) is 5.56 Å². The van der Waals surface area contributed by atoms with Crippen molar-refractivity contribution < 1.29 is 14.7 Å². The van der Waals surface area contributed by atoms with Gasteiger partial charge in [0.25, 0.3) is 0 Å². The molecule has 0 unspecified atom stereocenters. The molecular weight excluding hydrogens is 274 g/mol. The standard InChI is InChI=1S/C12H12ClNO3S/c13-8-3-1-2-7(4-8)5-10-11(15)14-9(6-18-10)12(16)17/h1-4,9-10H,5-6H2,(H,14,15)(H,16,17)/t9-,10+/m0/s1. The Morgan fingerprint density at radius 3 is 2.94 bits per heavy atom. The second kappa shape index (κ2) is 5.63. The van der Waals surface area contributed by atoms with Crippen LogP contribution in [0, 0.1) is 0 Å². The molecule has 0 bridgehead atoms. The molecule has 1 heterocycles. The molecule has 1 aliphatic rings. The Balaban J connectivity index is 1.99. The maximum atomic E-state index is 11.8. The molecule has 1 fully saturated rings. The van der Waals surface area contributed by atoms with E-state index in [1.807, 2.05) is 18.2 Å². The van der Waals surface area contributed by atoms with Crippen molar-refractivity contribution in [2.75, 3.05) is 5.75 Å².